The number of fused-ring (bicyclic) bond motifs is 1. The van der Waals surface area contributed by atoms with Gasteiger partial charge in [0.2, 0.25) is 5.91 Å². The zero-order valence-electron chi connectivity index (χ0n) is 28.1. The van der Waals surface area contributed by atoms with Crippen LogP contribution in [-0.2, 0) is 20.8 Å². The van der Waals surface area contributed by atoms with Crippen LogP contribution in [0, 0.1) is 17.8 Å². The van der Waals surface area contributed by atoms with Crippen molar-refractivity contribution in [2.75, 3.05) is 32.5 Å². The van der Waals surface area contributed by atoms with Gasteiger partial charge in [0.25, 0.3) is 0 Å². The van der Waals surface area contributed by atoms with E-state index < -0.39 is 41.9 Å². The van der Waals surface area contributed by atoms with Crippen LogP contribution in [0.5, 0.6) is 0 Å². The van der Waals surface area contributed by atoms with Crippen molar-refractivity contribution in [1.29, 1.82) is 0 Å². The normalized spacial score (nSPS) is 35.6. The molecule has 4 aliphatic rings. The van der Waals surface area contributed by atoms with Gasteiger partial charge in [-0.1, -0.05) is 39.3 Å². The second-order valence-electron chi connectivity index (χ2n) is 14.4. The molecule has 46 heavy (non-hydrogen) atoms. The molecule has 4 heterocycles. The van der Waals surface area contributed by atoms with Crippen LogP contribution < -0.4 is 10.6 Å². The second kappa shape index (κ2) is 17.2. The molecule has 9 nitrogen and oxygen atoms in total. The van der Waals surface area contributed by atoms with Crippen LogP contribution in [0.25, 0.3) is 0 Å². The van der Waals surface area contributed by atoms with Crippen molar-refractivity contribution in [2.24, 2.45) is 17.8 Å². The predicted octanol–water partition coefficient (Wildman–Crippen LogP) is 3.63. The number of thioether (sulfide) groups is 2. The van der Waals surface area contributed by atoms with Crippen molar-refractivity contribution in [2.45, 2.75) is 130 Å². The Labute approximate surface area is 284 Å². The minimum absolute atomic E-state index is 0.181. The van der Waals surface area contributed by atoms with E-state index in [2.05, 4.69) is 53.6 Å². The van der Waals surface area contributed by atoms with E-state index >= 15 is 0 Å². The molecule has 4 saturated heterocycles. The van der Waals surface area contributed by atoms with E-state index in [-0.39, 0.29) is 29.6 Å². The first-order valence-electron chi connectivity index (χ1n) is 17.5. The number of ether oxygens (including phenoxy) is 2. The van der Waals surface area contributed by atoms with E-state index in [0.717, 1.165) is 43.9 Å². The summed E-state index contributed by atoms with van der Waals surface area (Å²) in [5, 5.41) is 39.3. The topological polar surface area (TPSA) is 124 Å². The number of nitrogens with zero attached hydrogens (tertiary/aromatic N) is 1. The molecule has 1 amide bonds. The summed E-state index contributed by atoms with van der Waals surface area (Å²) >= 11 is 3.04. The fourth-order valence-electron chi connectivity index (χ4n) is 7.85. The van der Waals surface area contributed by atoms with Gasteiger partial charge in [-0.05, 0) is 86.9 Å². The molecule has 11 heteroatoms. The van der Waals surface area contributed by atoms with Crippen molar-refractivity contribution in [3.05, 3.63) is 29.8 Å². The van der Waals surface area contributed by atoms with Crippen molar-refractivity contribution >= 4 is 29.4 Å². The first kappa shape index (κ1) is 36.4. The lowest BCUT2D eigenvalue weighted by Crippen LogP contribution is -2.60. The predicted molar refractivity (Wildman–Crippen MR) is 185 cm³/mol. The SMILES string of the molecule is CSC1C[C@H](O)C(O)C(O)[C@@H]([C@H](NC(=O)[C@H]2NC[C@@H]3C[C@H](CC(C)C)CCO[C@H]32)[C@H](C)Sc2ccc(CN3CCCCC3)cc2)O1. The molecule has 3 unspecified atom stereocenters. The summed E-state index contributed by atoms with van der Waals surface area (Å²) in [6.07, 6.45) is 4.14. The number of amides is 1. The van der Waals surface area contributed by atoms with E-state index in [4.69, 9.17) is 9.47 Å². The summed E-state index contributed by atoms with van der Waals surface area (Å²) in [4.78, 5) is 17.7. The lowest BCUT2D eigenvalue weighted by atomic mass is 9.85. The Hall–Kier alpha value is -0.890. The maximum atomic E-state index is 14.1. The van der Waals surface area contributed by atoms with Gasteiger partial charge in [-0.15, -0.1) is 23.5 Å². The molecule has 0 radical (unpaired) electrons. The molecule has 0 aromatic heterocycles. The van der Waals surface area contributed by atoms with Crippen LogP contribution in [0.3, 0.4) is 0 Å². The lowest BCUT2D eigenvalue weighted by Gasteiger charge is -2.37. The third-order valence-electron chi connectivity index (χ3n) is 10.3. The Morgan fingerprint density at radius 2 is 1.80 bits per heavy atom. The molecule has 4 aliphatic heterocycles. The van der Waals surface area contributed by atoms with Crippen LogP contribution in [0.15, 0.2) is 29.2 Å². The number of carbonyl (C=O) groups excluding carboxylic acids is 1. The molecule has 260 valence electrons. The highest BCUT2D eigenvalue weighted by atomic mass is 32.2. The van der Waals surface area contributed by atoms with E-state index in [1.54, 1.807) is 11.8 Å². The Kier molecular flexibility index (Phi) is 13.6. The molecule has 0 bridgehead atoms. The second-order valence-corrected chi connectivity index (χ2v) is 16.8. The standard InChI is InChI=1S/C35H57N3O6S2/c1-21(2)16-24-12-15-43-33-25(17-24)19-36-30(33)35(42)37-29(34-32(41)31(40)27(39)18-28(44-34)45-4)22(3)46-26-10-8-23(9-11-26)20-38-13-6-5-7-14-38/h8-11,21-22,24-25,27-34,36,39-41H,5-7,12-20H2,1-4H3,(H,37,42)/t22-,24-,25-,27-,28?,29+,30-,31?,32?,33+,34+/m0/s1. The lowest BCUT2D eigenvalue weighted by molar-refractivity contribution is -0.132. The van der Waals surface area contributed by atoms with E-state index in [1.807, 2.05) is 13.2 Å². The van der Waals surface area contributed by atoms with Gasteiger partial charge in [-0.2, -0.15) is 0 Å². The molecule has 0 saturated carbocycles. The van der Waals surface area contributed by atoms with E-state index in [1.165, 1.54) is 43.0 Å². The van der Waals surface area contributed by atoms with Crippen molar-refractivity contribution in [3.8, 4) is 0 Å². The summed E-state index contributed by atoms with van der Waals surface area (Å²) in [6.45, 7) is 11.2. The molecule has 0 spiro atoms. The number of piperidine rings is 1. The number of aliphatic hydroxyl groups excluding tert-OH is 3. The van der Waals surface area contributed by atoms with Gasteiger partial charge < -0.3 is 35.4 Å². The number of aliphatic hydroxyl groups is 3. The van der Waals surface area contributed by atoms with Crippen molar-refractivity contribution < 1.29 is 29.6 Å². The van der Waals surface area contributed by atoms with Gasteiger partial charge in [-0.25, -0.2) is 0 Å². The van der Waals surface area contributed by atoms with Gasteiger partial charge in [0, 0.05) is 36.3 Å². The van der Waals surface area contributed by atoms with Crippen LogP contribution >= 0.6 is 23.5 Å². The van der Waals surface area contributed by atoms with E-state index in [0.29, 0.717) is 18.4 Å². The molecular formula is C35H57N3O6S2. The number of hydrogen-bond acceptors (Lipinski definition) is 10. The summed E-state index contributed by atoms with van der Waals surface area (Å²) in [7, 11) is 0. The van der Waals surface area contributed by atoms with Gasteiger partial charge in [0.15, 0.2) is 0 Å². The smallest absolute Gasteiger partial charge is 0.240 e. The van der Waals surface area contributed by atoms with Crippen LogP contribution in [0.2, 0.25) is 0 Å². The Morgan fingerprint density at radius 3 is 2.50 bits per heavy atom. The maximum Gasteiger partial charge on any atom is 0.240 e. The molecule has 1 aromatic carbocycles. The number of carbonyl (C=O) groups is 1. The van der Waals surface area contributed by atoms with Crippen molar-refractivity contribution in [1.82, 2.24) is 15.5 Å². The first-order chi connectivity index (χ1) is 22.1. The quantitative estimate of drug-likeness (QED) is 0.222. The average Bonchev–Trinajstić information content (AvgIpc) is 3.27. The fourth-order valence-corrected chi connectivity index (χ4v) is 9.57. The third kappa shape index (κ3) is 9.41. The van der Waals surface area contributed by atoms with Gasteiger partial charge in [-0.3, -0.25) is 9.69 Å². The van der Waals surface area contributed by atoms with Crippen LogP contribution in [0.4, 0.5) is 0 Å². The minimum atomic E-state index is -1.38. The third-order valence-corrected chi connectivity index (χ3v) is 12.3. The molecule has 5 rings (SSSR count). The largest absolute Gasteiger partial charge is 0.390 e. The summed E-state index contributed by atoms with van der Waals surface area (Å²) in [5.41, 5.74) is 0.849. The highest BCUT2D eigenvalue weighted by molar-refractivity contribution is 8.00. The number of benzene rings is 1. The van der Waals surface area contributed by atoms with E-state index in [9.17, 15) is 20.1 Å². The summed E-state index contributed by atoms with van der Waals surface area (Å²) in [5.74, 6) is 1.32. The highest BCUT2D eigenvalue weighted by Gasteiger charge is 2.47. The highest BCUT2D eigenvalue weighted by Crippen LogP contribution is 2.36. The Balaban J connectivity index is 1.32. The van der Waals surface area contributed by atoms with Crippen LogP contribution in [-0.4, -0.2) is 112 Å². The first-order valence-corrected chi connectivity index (χ1v) is 19.7. The molecule has 0 aliphatic carbocycles. The number of likely N-dealkylation sites (tertiary alicyclic amines) is 1. The Morgan fingerprint density at radius 1 is 1.07 bits per heavy atom. The maximum absolute atomic E-state index is 14.1. The van der Waals surface area contributed by atoms with Crippen LogP contribution in [0.1, 0.15) is 71.3 Å². The molecule has 5 N–H and O–H groups in total. The zero-order valence-corrected chi connectivity index (χ0v) is 29.7. The summed E-state index contributed by atoms with van der Waals surface area (Å²) < 4.78 is 12.7. The monoisotopic (exact) mass is 679 g/mol. The van der Waals surface area contributed by atoms with Gasteiger partial charge in [0.1, 0.15) is 29.8 Å². The Bertz CT molecular complexity index is 1090. The van der Waals surface area contributed by atoms with Gasteiger partial charge in [0.05, 0.1) is 18.2 Å². The zero-order chi connectivity index (χ0) is 32.8. The van der Waals surface area contributed by atoms with Gasteiger partial charge >= 0.3 is 0 Å². The molecule has 4 fully saturated rings. The fraction of sp³-hybridized carbons (Fsp3) is 0.800. The van der Waals surface area contributed by atoms with Crippen molar-refractivity contribution in [3.63, 3.8) is 0 Å². The number of nitrogens with one attached hydrogen (secondary N) is 2. The number of hydrogen-bond donors (Lipinski definition) is 5. The summed E-state index contributed by atoms with van der Waals surface area (Å²) in [6, 6.07) is 7.46. The average molecular weight is 680 g/mol. The molecule has 11 atom stereocenters. The number of rotatable bonds is 11. The molecular weight excluding hydrogens is 623 g/mol. The molecule has 1 aromatic rings. The minimum Gasteiger partial charge on any atom is -0.390 e.